The van der Waals surface area contributed by atoms with Crippen LogP contribution in [-0.2, 0) is 0 Å². The number of halogens is 1. The van der Waals surface area contributed by atoms with Crippen molar-refractivity contribution in [1.82, 2.24) is 0 Å². The van der Waals surface area contributed by atoms with Crippen LogP contribution in [0.3, 0.4) is 0 Å². The number of benzene rings is 4. The van der Waals surface area contributed by atoms with Crippen molar-refractivity contribution in [2.45, 2.75) is 11.8 Å². The molecule has 2 atom stereocenters. The third-order valence-corrected chi connectivity index (χ3v) is 6.22. The molecule has 2 unspecified atom stereocenters. The number of hydrogen-bond donors (Lipinski definition) is 0. The van der Waals surface area contributed by atoms with Gasteiger partial charge in [0.05, 0.1) is 23.0 Å². The molecule has 0 saturated heterocycles. The van der Waals surface area contributed by atoms with E-state index >= 15 is 0 Å². The second-order valence-corrected chi connectivity index (χ2v) is 8.41. The number of rotatable bonds is 2. The van der Waals surface area contributed by atoms with Crippen LogP contribution in [0.5, 0.6) is 11.5 Å². The zero-order valence-corrected chi connectivity index (χ0v) is 18.9. The average molecular weight is 467 g/mol. The minimum absolute atomic E-state index is 0.0310. The molecular formula is C30H23FO4. The fraction of sp³-hybridized carbons (Fsp3) is 0.133. The van der Waals surface area contributed by atoms with Crippen LogP contribution < -0.4 is 9.47 Å². The molecule has 35 heavy (non-hydrogen) atoms. The monoisotopic (exact) mass is 466 g/mol. The molecule has 0 amide bonds. The summed E-state index contributed by atoms with van der Waals surface area (Å²) in [6, 6.07) is 30.4. The second-order valence-electron chi connectivity index (χ2n) is 8.41. The maximum Gasteiger partial charge on any atom is 0.177 e. The van der Waals surface area contributed by atoms with E-state index in [0.717, 1.165) is 11.1 Å². The molecule has 2 aliphatic rings. The quantitative estimate of drug-likeness (QED) is 0.351. The first kappa shape index (κ1) is 22.5. The van der Waals surface area contributed by atoms with Crippen LogP contribution in [0, 0.1) is 5.82 Å². The summed E-state index contributed by atoms with van der Waals surface area (Å²) < 4.78 is 24.1. The predicted molar refractivity (Wildman–Crippen MR) is 131 cm³/mol. The Morgan fingerprint density at radius 3 is 1.49 bits per heavy atom. The number of carbonyl (C=O) groups excluding carboxylic acids is 2. The number of para-hydroxylation sites is 2. The molecule has 174 valence electrons. The Labute approximate surface area is 203 Å². The zero-order chi connectivity index (χ0) is 24.2. The van der Waals surface area contributed by atoms with Crippen molar-refractivity contribution in [3.8, 4) is 11.5 Å². The first-order valence-corrected chi connectivity index (χ1v) is 11.4. The van der Waals surface area contributed by atoms with Gasteiger partial charge in [-0.1, -0.05) is 66.7 Å². The van der Waals surface area contributed by atoms with Crippen LogP contribution in [0.2, 0.25) is 0 Å². The topological polar surface area (TPSA) is 52.6 Å². The van der Waals surface area contributed by atoms with Gasteiger partial charge < -0.3 is 9.47 Å². The first-order chi connectivity index (χ1) is 17.1. The van der Waals surface area contributed by atoms with E-state index in [2.05, 4.69) is 0 Å². The summed E-state index contributed by atoms with van der Waals surface area (Å²) in [6.07, 6.45) is 0. The lowest BCUT2D eigenvalue weighted by Crippen LogP contribution is -2.25. The van der Waals surface area contributed by atoms with Gasteiger partial charge >= 0.3 is 0 Å². The molecule has 6 rings (SSSR count). The summed E-state index contributed by atoms with van der Waals surface area (Å²) in [6.45, 7) is 0.737. The molecule has 0 bridgehead atoms. The fourth-order valence-electron chi connectivity index (χ4n) is 4.34. The van der Waals surface area contributed by atoms with Crippen LogP contribution in [0.1, 0.15) is 43.7 Å². The molecule has 0 spiro atoms. The van der Waals surface area contributed by atoms with Crippen molar-refractivity contribution in [2.75, 3.05) is 13.2 Å². The Morgan fingerprint density at radius 1 is 0.543 bits per heavy atom. The Bertz CT molecular complexity index is 1350. The van der Waals surface area contributed by atoms with Crippen molar-refractivity contribution in [2.24, 2.45) is 0 Å². The molecule has 0 radical (unpaired) electrons. The molecule has 0 saturated carbocycles. The van der Waals surface area contributed by atoms with Crippen molar-refractivity contribution >= 4 is 11.6 Å². The second kappa shape index (κ2) is 9.94. The third kappa shape index (κ3) is 4.71. The van der Waals surface area contributed by atoms with Gasteiger partial charge in [-0.25, -0.2) is 4.39 Å². The van der Waals surface area contributed by atoms with Gasteiger partial charge in [-0.2, -0.15) is 0 Å². The van der Waals surface area contributed by atoms with Crippen molar-refractivity contribution in [3.05, 3.63) is 131 Å². The van der Waals surface area contributed by atoms with Crippen molar-refractivity contribution < 1.29 is 23.5 Å². The smallest absolute Gasteiger partial charge is 0.177 e. The maximum absolute atomic E-state index is 12.9. The molecule has 0 aromatic heterocycles. The maximum atomic E-state index is 12.9. The van der Waals surface area contributed by atoms with Gasteiger partial charge in [-0.05, 0) is 47.5 Å². The van der Waals surface area contributed by atoms with Crippen LogP contribution in [0.25, 0.3) is 0 Å². The summed E-state index contributed by atoms with van der Waals surface area (Å²) in [5, 5.41) is 0. The highest BCUT2D eigenvalue weighted by Crippen LogP contribution is 2.33. The molecule has 0 fully saturated rings. The molecule has 2 aliphatic heterocycles. The molecule has 4 nitrogen and oxygen atoms in total. The Balaban J connectivity index is 0.000000145. The normalized spacial score (nSPS) is 18.2. The van der Waals surface area contributed by atoms with Gasteiger partial charge in [0.1, 0.15) is 30.5 Å². The van der Waals surface area contributed by atoms with Crippen molar-refractivity contribution in [3.63, 3.8) is 0 Å². The summed E-state index contributed by atoms with van der Waals surface area (Å²) >= 11 is 0. The van der Waals surface area contributed by atoms with Gasteiger partial charge in [0.15, 0.2) is 11.6 Å². The van der Waals surface area contributed by atoms with Gasteiger partial charge in [-0.15, -0.1) is 0 Å². The summed E-state index contributed by atoms with van der Waals surface area (Å²) in [7, 11) is 0. The van der Waals surface area contributed by atoms with Crippen LogP contribution in [0.15, 0.2) is 103 Å². The lowest BCUT2D eigenvalue weighted by atomic mass is 9.89. The van der Waals surface area contributed by atoms with E-state index in [1.54, 1.807) is 24.3 Å². The minimum Gasteiger partial charge on any atom is -0.492 e. The van der Waals surface area contributed by atoms with Gasteiger partial charge in [-0.3, -0.25) is 9.59 Å². The van der Waals surface area contributed by atoms with E-state index in [0.29, 0.717) is 35.8 Å². The highest BCUT2D eigenvalue weighted by Gasteiger charge is 2.30. The highest BCUT2D eigenvalue weighted by atomic mass is 19.1. The number of carbonyl (C=O) groups is 2. The largest absolute Gasteiger partial charge is 0.492 e. The lowest BCUT2D eigenvalue weighted by molar-refractivity contribution is 0.0887. The summed E-state index contributed by atoms with van der Waals surface area (Å²) in [4.78, 5) is 24.7. The number of ether oxygens (including phenoxy) is 2. The van der Waals surface area contributed by atoms with E-state index < -0.39 is 0 Å². The van der Waals surface area contributed by atoms with Crippen LogP contribution in [0.4, 0.5) is 4.39 Å². The third-order valence-electron chi connectivity index (χ3n) is 6.22. The van der Waals surface area contributed by atoms with E-state index in [9.17, 15) is 14.0 Å². The predicted octanol–water partition coefficient (Wildman–Crippen LogP) is 6.23. The lowest BCUT2D eigenvalue weighted by Gasteiger charge is -2.24. The average Bonchev–Trinajstić information content (AvgIpc) is 2.91. The Kier molecular flexibility index (Phi) is 6.40. The van der Waals surface area contributed by atoms with Gasteiger partial charge in [0.25, 0.3) is 0 Å². The zero-order valence-electron chi connectivity index (χ0n) is 18.9. The van der Waals surface area contributed by atoms with Crippen LogP contribution >= 0.6 is 0 Å². The number of Topliss-reactive ketones (excluding diaryl/α,β-unsaturated/α-hetero) is 2. The summed E-state index contributed by atoms with van der Waals surface area (Å²) in [5.41, 5.74) is 3.09. The number of fused-ring (bicyclic) bond motifs is 2. The standard InChI is InChI=1S/C15H11FO2.C15H12O2/c16-11-7-5-10(6-8-11)13-9-18-14-4-2-1-3-12(14)15(13)17;16-15-12-8-4-5-9-14(12)17-10-13(15)11-6-2-1-3-7-11/h1-8,13H,9H2;1-9,13H,10H2. The van der Waals surface area contributed by atoms with E-state index in [1.165, 1.54) is 12.1 Å². The molecular weight excluding hydrogens is 443 g/mol. The Morgan fingerprint density at radius 2 is 0.971 bits per heavy atom. The molecule has 4 aromatic carbocycles. The molecule has 5 heteroatoms. The number of ketones is 2. The Hall–Kier alpha value is -4.25. The van der Waals surface area contributed by atoms with Crippen LogP contribution in [-0.4, -0.2) is 24.8 Å². The molecule has 4 aromatic rings. The number of hydrogen-bond acceptors (Lipinski definition) is 4. The van der Waals surface area contributed by atoms with E-state index in [-0.39, 0.29) is 29.2 Å². The van der Waals surface area contributed by atoms with E-state index in [1.807, 2.05) is 66.7 Å². The minimum atomic E-state index is -0.347. The molecule has 0 N–H and O–H groups in total. The van der Waals surface area contributed by atoms with E-state index in [4.69, 9.17) is 9.47 Å². The fourth-order valence-corrected chi connectivity index (χ4v) is 4.34. The summed E-state index contributed by atoms with van der Waals surface area (Å²) in [5.74, 6) is 0.682. The van der Waals surface area contributed by atoms with Gasteiger partial charge in [0, 0.05) is 0 Å². The highest BCUT2D eigenvalue weighted by molar-refractivity contribution is 6.04. The molecule has 0 aliphatic carbocycles. The van der Waals surface area contributed by atoms with Crippen molar-refractivity contribution in [1.29, 1.82) is 0 Å². The SMILES string of the molecule is O=C1c2ccccc2OCC1c1ccc(F)cc1.O=C1c2ccccc2OCC1c1ccccc1. The van der Waals surface area contributed by atoms with Gasteiger partial charge in [0.2, 0.25) is 0 Å². The first-order valence-electron chi connectivity index (χ1n) is 11.4. The molecule has 2 heterocycles.